The molecule has 0 saturated heterocycles. The topological polar surface area (TPSA) is 82.6 Å². The summed E-state index contributed by atoms with van der Waals surface area (Å²) in [6.07, 6.45) is 2.27. The van der Waals surface area contributed by atoms with E-state index in [0.29, 0.717) is 42.7 Å². The lowest BCUT2D eigenvalue weighted by molar-refractivity contribution is 0.0987. The summed E-state index contributed by atoms with van der Waals surface area (Å²) in [5.41, 5.74) is 2.32. The Hall–Kier alpha value is -3.65. The van der Waals surface area contributed by atoms with Crippen molar-refractivity contribution in [3.05, 3.63) is 71.9 Å². The second-order valence-electron chi connectivity index (χ2n) is 8.22. The monoisotopic (exact) mass is 460 g/mol. The predicted octanol–water partition coefficient (Wildman–Crippen LogP) is 3.73. The van der Waals surface area contributed by atoms with E-state index in [4.69, 9.17) is 4.74 Å². The quantitative estimate of drug-likeness (QED) is 0.503. The lowest BCUT2D eigenvalue weighted by Crippen LogP contribution is -2.34. The third-order valence-corrected chi connectivity index (χ3v) is 5.85. The molecule has 4 rings (SSSR count). The van der Waals surface area contributed by atoms with Gasteiger partial charge in [0.2, 0.25) is 5.95 Å². The van der Waals surface area contributed by atoms with Crippen LogP contribution in [0, 0.1) is 0 Å². The number of carbonyl (C=O) groups excluding carboxylic acids is 1. The van der Waals surface area contributed by atoms with Crippen LogP contribution >= 0.6 is 0 Å². The Morgan fingerprint density at radius 2 is 1.85 bits per heavy atom. The van der Waals surface area contributed by atoms with Gasteiger partial charge in [0.15, 0.2) is 0 Å². The number of benzene rings is 2. The highest BCUT2D eigenvalue weighted by Crippen LogP contribution is 2.35. The summed E-state index contributed by atoms with van der Waals surface area (Å²) in [4.78, 5) is 26.4. The first-order valence-electron chi connectivity index (χ1n) is 11.7. The zero-order valence-electron chi connectivity index (χ0n) is 20.0. The number of rotatable bonds is 9. The molecule has 1 aromatic heterocycles. The molecule has 0 fully saturated rings. The van der Waals surface area contributed by atoms with Crippen LogP contribution in [0.5, 0.6) is 5.75 Å². The van der Waals surface area contributed by atoms with Gasteiger partial charge >= 0.3 is 0 Å². The predicted molar refractivity (Wildman–Crippen MR) is 136 cm³/mol. The van der Waals surface area contributed by atoms with Gasteiger partial charge in [0, 0.05) is 39.3 Å². The van der Waals surface area contributed by atoms with Crippen LogP contribution in [0.15, 0.2) is 60.8 Å². The minimum atomic E-state index is -0.141. The Kier molecular flexibility index (Phi) is 7.59. The fraction of sp³-hybridized carbons (Fsp3) is 0.346. The Bertz CT molecular complexity index is 1110. The van der Waals surface area contributed by atoms with E-state index >= 15 is 0 Å². The number of anilines is 3. The highest BCUT2D eigenvalue weighted by atomic mass is 16.5. The van der Waals surface area contributed by atoms with Crippen molar-refractivity contribution in [2.24, 2.45) is 0 Å². The smallest absolute Gasteiger partial charge is 0.263 e. The average molecular weight is 461 g/mol. The number of nitrogens with one attached hydrogen (secondary N) is 2. The van der Waals surface area contributed by atoms with Crippen molar-refractivity contribution in [2.45, 2.75) is 19.4 Å². The molecule has 8 heteroatoms. The number of para-hydroxylation sites is 2. The van der Waals surface area contributed by atoms with Gasteiger partial charge in [-0.05, 0) is 38.2 Å². The molecule has 8 nitrogen and oxygen atoms in total. The molecular weight excluding hydrogens is 428 g/mol. The molecule has 1 unspecified atom stereocenters. The summed E-state index contributed by atoms with van der Waals surface area (Å²) in [5, 5.41) is 6.33. The van der Waals surface area contributed by atoms with Gasteiger partial charge in [-0.1, -0.05) is 42.5 Å². The molecule has 3 aromatic rings. The minimum Gasteiger partial charge on any atom is -0.483 e. The van der Waals surface area contributed by atoms with Crippen LogP contribution < -0.4 is 25.2 Å². The molecule has 0 radical (unpaired) electrons. The molecule has 2 heterocycles. The Labute approximate surface area is 201 Å². The number of nitrogens with zero attached hydrogens (tertiary/aromatic N) is 4. The van der Waals surface area contributed by atoms with E-state index in [-0.39, 0.29) is 12.0 Å². The van der Waals surface area contributed by atoms with Crippen molar-refractivity contribution in [1.29, 1.82) is 0 Å². The highest BCUT2D eigenvalue weighted by molar-refractivity contribution is 6.10. The van der Waals surface area contributed by atoms with Gasteiger partial charge in [-0.15, -0.1) is 0 Å². The third kappa shape index (κ3) is 5.12. The van der Waals surface area contributed by atoms with Crippen molar-refractivity contribution in [3.8, 4) is 5.75 Å². The lowest BCUT2D eigenvalue weighted by atomic mass is 10.1. The number of aromatic nitrogens is 2. The molecule has 1 aliphatic heterocycles. The largest absolute Gasteiger partial charge is 0.483 e. The standard InChI is InChI=1S/C26H32N6O2/c1-4-28-26-29-18-20-24(30-26)31(3)16-17-32(25(20)33)21-12-8-9-13-23(21)34-22(14-15-27-2)19-10-6-5-7-11-19/h5-13,18,22,27H,4,14-17H2,1-3H3,(H,28,29,30). The second-order valence-corrected chi connectivity index (χ2v) is 8.22. The van der Waals surface area contributed by atoms with Crippen molar-refractivity contribution in [3.63, 3.8) is 0 Å². The molecule has 0 aliphatic carbocycles. The SMILES string of the molecule is CCNc1ncc2c(n1)N(C)CCN(c1ccccc1OC(CCNC)c1ccccc1)C2=O. The zero-order chi connectivity index (χ0) is 23.9. The molecule has 2 N–H and O–H groups in total. The Balaban J connectivity index is 1.67. The third-order valence-electron chi connectivity index (χ3n) is 5.85. The van der Waals surface area contributed by atoms with Crippen LogP contribution in [0.3, 0.4) is 0 Å². The van der Waals surface area contributed by atoms with Gasteiger partial charge in [0.1, 0.15) is 23.2 Å². The number of amides is 1. The van der Waals surface area contributed by atoms with Gasteiger partial charge in [0.25, 0.3) is 5.91 Å². The van der Waals surface area contributed by atoms with Crippen LogP contribution in [0.2, 0.25) is 0 Å². The van der Waals surface area contributed by atoms with E-state index in [1.165, 1.54) is 0 Å². The average Bonchev–Trinajstić information content (AvgIpc) is 2.99. The van der Waals surface area contributed by atoms with Crippen LogP contribution in [0.25, 0.3) is 0 Å². The number of carbonyl (C=O) groups is 1. The molecule has 2 aromatic carbocycles. The number of hydrogen-bond acceptors (Lipinski definition) is 7. The first-order valence-corrected chi connectivity index (χ1v) is 11.7. The lowest BCUT2D eigenvalue weighted by Gasteiger charge is -2.26. The summed E-state index contributed by atoms with van der Waals surface area (Å²) in [7, 11) is 3.88. The van der Waals surface area contributed by atoms with Crippen LogP contribution in [0.1, 0.15) is 35.4 Å². The Morgan fingerprint density at radius 1 is 1.09 bits per heavy atom. The van der Waals surface area contributed by atoms with Gasteiger partial charge in [0.05, 0.1) is 5.69 Å². The number of likely N-dealkylation sites (N-methyl/N-ethyl adjacent to an activating group) is 1. The van der Waals surface area contributed by atoms with Gasteiger partial charge in [-0.3, -0.25) is 4.79 Å². The molecule has 0 spiro atoms. The minimum absolute atomic E-state index is 0.134. The normalized spacial score (nSPS) is 14.4. The molecule has 1 amide bonds. The van der Waals surface area contributed by atoms with E-state index < -0.39 is 0 Å². The molecule has 0 saturated carbocycles. The maximum atomic E-state index is 13.7. The number of ether oxygens (including phenoxy) is 1. The van der Waals surface area contributed by atoms with E-state index in [1.54, 1.807) is 11.1 Å². The Morgan fingerprint density at radius 3 is 2.62 bits per heavy atom. The number of fused-ring (bicyclic) bond motifs is 1. The molecule has 34 heavy (non-hydrogen) atoms. The molecule has 1 aliphatic rings. The summed E-state index contributed by atoms with van der Waals surface area (Å²) in [6, 6.07) is 17.9. The highest BCUT2D eigenvalue weighted by Gasteiger charge is 2.30. The van der Waals surface area contributed by atoms with Crippen LogP contribution in [-0.2, 0) is 0 Å². The molecule has 1 atom stereocenters. The van der Waals surface area contributed by atoms with Crippen molar-refractivity contribution >= 4 is 23.4 Å². The second kappa shape index (κ2) is 11.0. The number of hydrogen-bond donors (Lipinski definition) is 2. The van der Waals surface area contributed by atoms with Gasteiger partial charge in [-0.25, -0.2) is 4.98 Å². The van der Waals surface area contributed by atoms with E-state index in [2.05, 4.69) is 32.7 Å². The molecule has 0 bridgehead atoms. The van der Waals surface area contributed by atoms with Crippen molar-refractivity contribution in [2.75, 3.05) is 55.4 Å². The molecular formula is C26H32N6O2. The van der Waals surface area contributed by atoms with Gasteiger partial charge in [-0.2, -0.15) is 4.98 Å². The van der Waals surface area contributed by atoms with Crippen LogP contribution in [0.4, 0.5) is 17.5 Å². The maximum Gasteiger partial charge on any atom is 0.263 e. The fourth-order valence-electron chi connectivity index (χ4n) is 4.06. The van der Waals surface area contributed by atoms with E-state index in [0.717, 1.165) is 24.2 Å². The van der Waals surface area contributed by atoms with E-state index in [9.17, 15) is 4.79 Å². The summed E-state index contributed by atoms with van der Waals surface area (Å²) < 4.78 is 6.55. The molecule has 178 valence electrons. The van der Waals surface area contributed by atoms with Crippen LogP contribution in [-0.4, -0.2) is 56.1 Å². The van der Waals surface area contributed by atoms with E-state index in [1.807, 2.05) is 68.4 Å². The summed E-state index contributed by atoms with van der Waals surface area (Å²) >= 11 is 0. The fourth-order valence-corrected chi connectivity index (χ4v) is 4.06. The first kappa shape index (κ1) is 23.5. The summed E-state index contributed by atoms with van der Waals surface area (Å²) in [6.45, 7) is 4.66. The summed E-state index contributed by atoms with van der Waals surface area (Å²) in [5.74, 6) is 1.70. The first-order chi connectivity index (χ1) is 16.6. The zero-order valence-corrected chi connectivity index (χ0v) is 20.0. The van der Waals surface area contributed by atoms with Gasteiger partial charge < -0.3 is 25.2 Å². The van der Waals surface area contributed by atoms with Crippen molar-refractivity contribution < 1.29 is 9.53 Å². The maximum absolute atomic E-state index is 13.7. The van der Waals surface area contributed by atoms with Crippen molar-refractivity contribution in [1.82, 2.24) is 15.3 Å².